The van der Waals surface area contributed by atoms with E-state index in [1.54, 1.807) is 25.3 Å². The number of aromatic nitrogens is 3. The van der Waals surface area contributed by atoms with Crippen LogP contribution in [-0.4, -0.2) is 39.7 Å². The van der Waals surface area contributed by atoms with E-state index in [0.29, 0.717) is 26.6 Å². The number of carbonyl (C=O) groups excluding carboxylic acids is 1. The van der Waals surface area contributed by atoms with E-state index in [0.717, 1.165) is 17.0 Å². The van der Waals surface area contributed by atoms with Gasteiger partial charge in [-0.25, -0.2) is 5.43 Å². The van der Waals surface area contributed by atoms with E-state index in [1.807, 2.05) is 59.2 Å². The molecule has 34 heavy (non-hydrogen) atoms. The summed E-state index contributed by atoms with van der Waals surface area (Å²) in [6.45, 7) is 0. The molecular weight excluding hydrogens is 493 g/mol. The number of hydrazone groups is 1. The quantitative estimate of drug-likeness (QED) is 0.192. The SMILES string of the molecule is COc1ccc(-n2c(SCC(=O)NN=Cc3ccc(Cl)cc3Cl)nnc2-c2ccccc2)cc1. The van der Waals surface area contributed by atoms with E-state index < -0.39 is 0 Å². The number of benzene rings is 3. The highest BCUT2D eigenvalue weighted by molar-refractivity contribution is 7.99. The minimum atomic E-state index is -0.295. The van der Waals surface area contributed by atoms with Crippen LogP contribution in [-0.2, 0) is 4.79 Å². The molecule has 0 radical (unpaired) electrons. The van der Waals surface area contributed by atoms with E-state index >= 15 is 0 Å². The lowest BCUT2D eigenvalue weighted by Gasteiger charge is -2.11. The third kappa shape index (κ3) is 5.77. The molecule has 1 aromatic heterocycles. The molecule has 1 heterocycles. The van der Waals surface area contributed by atoms with Crippen LogP contribution in [0.3, 0.4) is 0 Å². The van der Waals surface area contributed by atoms with Crippen molar-refractivity contribution in [3.05, 3.63) is 88.4 Å². The van der Waals surface area contributed by atoms with Crippen molar-refractivity contribution < 1.29 is 9.53 Å². The standard InChI is InChI=1S/C24H19Cl2N5O2S/c1-33-20-11-9-19(10-12-20)31-23(16-5-3-2-4-6-16)29-30-24(31)34-15-22(32)28-27-14-17-7-8-18(25)13-21(17)26/h2-14H,15H2,1H3,(H,28,32). The number of methoxy groups -OCH3 is 1. The van der Waals surface area contributed by atoms with Crippen LogP contribution >= 0.6 is 35.0 Å². The normalized spacial score (nSPS) is 11.0. The van der Waals surface area contributed by atoms with Gasteiger partial charge in [0.05, 0.1) is 24.1 Å². The van der Waals surface area contributed by atoms with Crippen molar-refractivity contribution in [3.63, 3.8) is 0 Å². The number of hydrogen-bond acceptors (Lipinski definition) is 6. The van der Waals surface area contributed by atoms with E-state index in [4.69, 9.17) is 27.9 Å². The lowest BCUT2D eigenvalue weighted by molar-refractivity contribution is -0.118. The van der Waals surface area contributed by atoms with Crippen molar-refractivity contribution in [2.45, 2.75) is 5.16 Å². The Labute approximate surface area is 210 Å². The van der Waals surface area contributed by atoms with Crippen LogP contribution in [0.1, 0.15) is 5.56 Å². The van der Waals surface area contributed by atoms with Crippen molar-refractivity contribution in [3.8, 4) is 22.8 Å². The Hall–Kier alpha value is -3.33. The van der Waals surface area contributed by atoms with Crippen molar-refractivity contribution >= 4 is 47.1 Å². The minimum Gasteiger partial charge on any atom is -0.497 e. The van der Waals surface area contributed by atoms with Crippen LogP contribution < -0.4 is 10.2 Å². The zero-order valence-electron chi connectivity index (χ0n) is 18.0. The van der Waals surface area contributed by atoms with Crippen molar-refractivity contribution in [1.82, 2.24) is 20.2 Å². The lowest BCUT2D eigenvalue weighted by Crippen LogP contribution is -2.20. The van der Waals surface area contributed by atoms with Gasteiger partial charge in [0, 0.05) is 21.8 Å². The second kappa shape index (κ2) is 11.2. The molecule has 3 aromatic carbocycles. The maximum atomic E-state index is 12.4. The summed E-state index contributed by atoms with van der Waals surface area (Å²) in [5.41, 5.74) is 4.90. The van der Waals surface area contributed by atoms with Crippen LogP contribution in [0.2, 0.25) is 10.0 Å². The van der Waals surface area contributed by atoms with Crippen LogP contribution in [0, 0.1) is 0 Å². The number of carbonyl (C=O) groups is 1. The van der Waals surface area contributed by atoms with Gasteiger partial charge in [-0.15, -0.1) is 10.2 Å². The number of nitrogens with one attached hydrogen (secondary N) is 1. The van der Waals surface area contributed by atoms with Crippen LogP contribution in [0.4, 0.5) is 0 Å². The molecule has 7 nitrogen and oxygen atoms in total. The molecule has 0 atom stereocenters. The number of thioether (sulfide) groups is 1. The first-order valence-electron chi connectivity index (χ1n) is 10.1. The van der Waals surface area contributed by atoms with Gasteiger partial charge in [0.1, 0.15) is 5.75 Å². The molecule has 1 amide bonds. The Morgan fingerprint density at radius 2 is 1.85 bits per heavy atom. The summed E-state index contributed by atoms with van der Waals surface area (Å²) in [6.07, 6.45) is 1.47. The molecule has 0 saturated carbocycles. The van der Waals surface area contributed by atoms with Gasteiger partial charge in [0.2, 0.25) is 0 Å². The van der Waals surface area contributed by atoms with Gasteiger partial charge in [-0.1, -0.05) is 71.4 Å². The lowest BCUT2D eigenvalue weighted by atomic mass is 10.2. The fourth-order valence-corrected chi connectivity index (χ4v) is 4.25. The van der Waals surface area contributed by atoms with E-state index in [-0.39, 0.29) is 11.7 Å². The number of rotatable bonds is 8. The molecular formula is C24H19Cl2N5O2S. The molecule has 10 heteroatoms. The number of amides is 1. The van der Waals surface area contributed by atoms with Crippen molar-refractivity contribution in [1.29, 1.82) is 0 Å². The van der Waals surface area contributed by atoms with Gasteiger partial charge < -0.3 is 4.74 Å². The van der Waals surface area contributed by atoms with Crippen molar-refractivity contribution in [2.24, 2.45) is 5.10 Å². The molecule has 0 spiro atoms. The maximum Gasteiger partial charge on any atom is 0.250 e. The smallest absolute Gasteiger partial charge is 0.250 e. The number of hydrogen-bond donors (Lipinski definition) is 1. The maximum absolute atomic E-state index is 12.4. The highest BCUT2D eigenvalue weighted by atomic mass is 35.5. The van der Waals surface area contributed by atoms with Crippen LogP contribution in [0.25, 0.3) is 17.1 Å². The molecule has 0 aliphatic heterocycles. The molecule has 0 aliphatic carbocycles. The van der Waals surface area contributed by atoms with E-state index in [2.05, 4.69) is 20.7 Å². The topological polar surface area (TPSA) is 81.4 Å². The average molecular weight is 512 g/mol. The second-order valence-electron chi connectivity index (χ2n) is 6.95. The molecule has 0 saturated heterocycles. The molecule has 4 aromatic rings. The predicted molar refractivity (Wildman–Crippen MR) is 136 cm³/mol. The molecule has 0 fully saturated rings. The molecule has 1 N–H and O–H groups in total. The van der Waals surface area contributed by atoms with Crippen LogP contribution in [0.15, 0.2) is 83.1 Å². The van der Waals surface area contributed by atoms with E-state index in [1.165, 1.54) is 18.0 Å². The minimum absolute atomic E-state index is 0.0920. The Kier molecular flexibility index (Phi) is 7.84. The number of ether oxygens (including phenoxy) is 1. The summed E-state index contributed by atoms with van der Waals surface area (Å²) in [4.78, 5) is 12.4. The highest BCUT2D eigenvalue weighted by Gasteiger charge is 2.17. The Bertz CT molecular complexity index is 1310. The molecule has 4 rings (SSSR count). The van der Waals surface area contributed by atoms with Gasteiger partial charge in [-0.05, 0) is 36.4 Å². The number of nitrogens with zero attached hydrogens (tertiary/aromatic N) is 4. The van der Waals surface area contributed by atoms with E-state index in [9.17, 15) is 4.79 Å². The summed E-state index contributed by atoms with van der Waals surface area (Å²) < 4.78 is 7.17. The fourth-order valence-electron chi connectivity index (χ4n) is 3.04. The first-order chi connectivity index (χ1) is 16.5. The Morgan fingerprint density at radius 1 is 1.09 bits per heavy atom. The van der Waals surface area contributed by atoms with Gasteiger partial charge in [-0.3, -0.25) is 9.36 Å². The molecule has 0 unspecified atom stereocenters. The zero-order valence-corrected chi connectivity index (χ0v) is 20.3. The largest absolute Gasteiger partial charge is 0.497 e. The fraction of sp³-hybridized carbons (Fsp3) is 0.0833. The van der Waals surface area contributed by atoms with Gasteiger partial charge in [0.25, 0.3) is 5.91 Å². The molecule has 0 aliphatic rings. The van der Waals surface area contributed by atoms with Gasteiger partial charge in [0.15, 0.2) is 11.0 Å². The number of halogens is 2. The van der Waals surface area contributed by atoms with Gasteiger partial charge >= 0.3 is 0 Å². The zero-order chi connectivity index (χ0) is 23.9. The predicted octanol–water partition coefficient (Wildman–Crippen LogP) is 5.49. The van der Waals surface area contributed by atoms with Crippen molar-refractivity contribution in [2.75, 3.05) is 12.9 Å². The summed E-state index contributed by atoms with van der Waals surface area (Å²) >= 11 is 13.3. The first kappa shape index (κ1) is 23.8. The Morgan fingerprint density at radius 3 is 2.56 bits per heavy atom. The average Bonchev–Trinajstić information content (AvgIpc) is 3.28. The Balaban J connectivity index is 1.50. The molecule has 172 valence electrons. The highest BCUT2D eigenvalue weighted by Crippen LogP contribution is 2.28. The summed E-state index contributed by atoms with van der Waals surface area (Å²) in [7, 11) is 1.62. The monoisotopic (exact) mass is 511 g/mol. The third-order valence-corrected chi connectivity index (χ3v) is 6.18. The summed E-state index contributed by atoms with van der Waals surface area (Å²) in [6, 6.07) is 22.3. The summed E-state index contributed by atoms with van der Waals surface area (Å²) in [5, 5.41) is 14.2. The van der Waals surface area contributed by atoms with Gasteiger partial charge in [-0.2, -0.15) is 5.10 Å². The second-order valence-corrected chi connectivity index (χ2v) is 8.74. The summed E-state index contributed by atoms with van der Waals surface area (Å²) in [5.74, 6) is 1.21. The third-order valence-electron chi connectivity index (χ3n) is 4.68. The van der Waals surface area contributed by atoms with Crippen LogP contribution in [0.5, 0.6) is 5.75 Å². The molecule has 0 bridgehead atoms. The first-order valence-corrected chi connectivity index (χ1v) is 11.8.